The first-order valence-corrected chi connectivity index (χ1v) is 9.77. The Morgan fingerprint density at radius 1 is 1.26 bits per heavy atom. The molecule has 146 valence electrons. The van der Waals surface area contributed by atoms with Crippen molar-refractivity contribution in [2.45, 2.75) is 39.3 Å². The van der Waals surface area contributed by atoms with Crippen molar-refractivity contribution >= 4 is 5.96 Å². The number of aliphatic imine (C=N–C) groups is 1. The van der Waals surface area contributed by atoms with Crippen LogP contribution >= 0.6 is 0 Å². The number of aryl methyl sites for hydroxylation is 1. The highest BCUT2D eigenvalue weighted by Crippen LogP contribution is 2.34. The maximum absolute atomic E-state index is 5.62. The van der Waals surface area contributed by atoms with E-state index in [9.17, 15) is 0 Å². The topological polar surface area (TPSA) is 65.7 Å². The van der Waals surface area contributed by atoms with Crippen molar-refractivity contribution in [3.05, 3.63) is 41.8 Å². The Kier molecular flexibility index (Phi) is 6.50. The Morgan fingerprint density at radius 2 is 2.00 bits per heavy atom. The second-order valence-electron chi connectivity index (χ2n) is 7.45. The van der Waals surface area contributed by atoms with Crippen molar-refractivity contribution in [2.75, 3.05) is 27.2 Å². The molecule has 6 nitrogen and oxygen atoms in total. The van der Waals surface area contributed by atoms with Gasteiger partial charge in [0.15, 0.2) is 5.96 Å². The predicted molar refractivity (Wildman–Crippen MR) is 110 cm³/mol. The molecule has 27 heavy (non-hydrogen) atoms. The maximum atomic E-state index is 5.62. The van der Waals surface area contributed by atoms with Gasteiger partial charge in [0.2, 0.25) is 5.89 Å². The molecule has 1 saturated carbocycles. The van der Waals surface area contributed by atoms with Crippen LogP contribution in [0.15, 0.2) is 39.9 Å². The van der Waals surface area contributed by atoms with Gasteiger partial charge in [0, 0.05) is 24.7 Å². The van der Waals surface area contributed by atoms with E-state index in [0.29, 0.717) is 18.5 Å². The lowest BCUT2D eigenvalue weighted by Gasteiger charge is -2.25. The van der Waals surface area contributed by atoms with Gasteiger partial charge in [-0.2, -0.15) is 0 Å². The highest BCUT2D eigenvalue weighted by molar-refractivity contribution is 5.79. The van der Waals surface area contributed by atoms with Crippen molar-refractivity contribution in [3.8, 4) is 11.5 Å². The summed E-state index contributed by atoms with van der Waals surface area (Å²) in [5.74, 6) is 2.27. The third-order valence-corrected chi connectivity index (χ3v) is 4.90. The molecule has 0 radical (unpaired) electrons. The van der Waals surface area contributed by atoms with E-state index >= 15 is 0 Å². The summed E-state index contributed by atoms with van der Waals surface area (Å²) in [6.07, 6.45) is 4.35. The minimum absolute atomic E-state index is 0.487. The molecule has 1 aromatic carbocycles. The molecule has 1 heterocycles. The normalized spacial score (nSPS) is 15.8. The third-order valence-electron chi connectivity index (χ3n) is 4.90. The Balaban J connectivity index is 1.60. The van der Waals surface area contributed by atoms with E-state index in [0.717, 1.165) is 36.2 Å². The Bertz CT molecular complexity index is 744. The molecular formula is C21H31N5O. The number of nitrogens with zero attached hydrogens (tertiary/aromatic N) is 3. The number of likely N-dealkylation sites (N-methyl/N-ethyl adjacent to an activating group) is 1. The van der Waals surface area contributed by atoms with Crippen molar-refractivity contribution in [1.29, 1.82) is 0 Å². The van der Waals surface area contributed by atoms with Gasteiger partial charge in [0.1, 0.15) is 12.0 Å². The van der Waals surface area contributed by atoms with Crippen LogP contribution in [0.1, 0.15) is 31.0 Å². The summed E-state index contributed by atoms with van der Waals surface area (Å²) in [5.41, 5.74) is 3.03. The molecule has 1 aliphatic carbocycles. The third kappa shape index (κ3) is 5.57. The molecule has 1 fully saturated rings. The van der Waals surface area contributed by atoms with Gasteiger partial charge in [0.25, 0.3) is 0 Å². The molecule has 0 spiro atoms. The van der Waals surface area contributed by atoms with E-state index in [-0.39, 0.29) is 0 Å². The van der Waals surface area contributed by atoms with Crippen molar-refractivity contribution in [3.63, 3.8) is 0 Å². The fourth-order valence-electron chi connectivity index (χ4n) is 3.16. The summed E-state index contributed by atoms with van der Waals surface area (Å²) in [7, 11) is 4.30. The number of nitrogens with one attached hydrogen (secondary N) is 2. The van der Waals surface area contributed by atoms with Crippen LogP contribution < -0.4 is 10.6 Å². The monoisotopic (exact) mass is 369 g/mol. The van der Waals surface area contributed by atoms with Crippen LogP contribution in [0.4, 0.5) is 0 Å². The van der Waals surface area contributed by atoms with Gasteiger partial charge in [-0.25, -0.2) is 9.98 Å². The van der Waals surface area contributed by atoms with Crippen LogP contribution in [-0.2, 0) is 6.54 Å². The maximum Gasteiger partial charge on any atom is 0.226 e. The smallest absolute Gasteiger partial charge is 0.226 e. The van der Waals surface area contributed by atoms with E-state index in [1.165, 1.54) is 18.4 Å². The van der Waals surface area contributed by atoms with Crippen LogP contribution in [0.5, 0.6) is 0 Å². The Morgan fingerprint density at radius 3 is 2.63 bits per heavy atom. The number of aromatic nitrogens is 1. The molecule has 0 saturated heterocycles. The minimum atomic E-state index is 0.487. The zero-order valence-corrected chi connectivity index (χ0v) is 16.8. The van der Waals surface area contributed by atoms with E-state index < -0.39 is 0 Å². The summed E-state index contributed by atoms with van der Waals surface area (Å²) < 4.78 is 5.62. The van der Waals surface area contributed by atoms with E-state index in [2.05, 4.69) is 65.6 Å². The van der Waals surface area contributed by atoms with Crippen molar-refractivity contribution in [1.82, 2.24) is 20.5 Å². The van der Waals surface area contributed by atoms with E-state index in [1.54, 1.807) is 6.26 Å². The summed E-state index contributed by atoms with van der Waals surface area (Å²) in [6.45, 7) is 6.36. The van der Waals surface area contributed by atoms with Gasteiger partial charge >= 0.3 is 0 Å². The van der Waals surface area contributed by atoms with Crippen molar-refractivity contribution in [2.24, 2.45) is 10.9 Å². The first-order valence-electron chi connectivity index (χ1n) is 9.77. The summed E-state index contributed by atoms with van der Waals surface area (Å²) in [4.78, 5) is 11.5. The van der Waals surface area contributed by atoms with Crippen LogP contribution in [0.2, 0.25) is 0 Å². The van der Waals surface area contributed by atoms with Gasteiger partial charge in [-0.05, 0) is 58.8 Å². The lowest BCUT2D eigenvalue weighted by molar-refractivity contribution is 0.264. The Labute approximate surface area is 162 Å². The number of oxazole rings is 1. The zero-order chi connectivity index (χ0) is 19.2. The average molecular weight is 370 g/mol. The molecule has 1 unspecified atom stereocenters. The fourth-order valence-corrected chi connectivity index (χ4v) is 3.16. The lowest BCUT2D eigenvalue weighted by atomic mass is 10.1. The highest BCUT2D eigenvalue weighted by atomic mass is 16.3. The van der Waals surface area contributed by atoms with Gasteiger partial charge in [-0.3, -0.25) is 0 Å². The Hall–Kier alpha value is -2.34. The summed E-state index contributed by atoms with van der Waals surface area (Å²) in [5, 5.41) is 6.79. The largest absolute Gasteiger partial charge is 0.444 e. The number of guanidine groups is 1. The number of hydrogen-bond acceptors (Lipinski definition) is 4. The van der Waals surface area contributed by atoms with Gasteiger partial charge in [-0.1, -0.05) is 17.7 Å². The standard InChI is InChI=1S/C21H31N5O/c1-5-22-21(24-13-19(26(3)4)16-10-11-16)23-12-18-14-27-20(25-18)17-8-6-15(2)7-9-17/h6-9,14,16,19H,5,10-13H2,1-4H3,(H2,22,23,24). The second kappa shape index (κ2) is 9.04. The molecule has 3 rings (SSSR count). The minimum Gasteiger partial charge on any atom is -0.444 e. The van der Waals surface area contributed by atoms with Crippen LogP contribution in [0.3, 0.4) is 0 Å². The first-order chi connectivity index (χ1) is 13.1. The molecule has 2 aromatic rings. The summed E-state index contributed by atoms with van der Waals surface area (Å²) >= 11 is 0. The summed E-state index contributed by atoms with van der Waals surface area (Å²) in [6, 6.07) is 8.73. The fraction of sp³-hybridized carbons (Fsp3) is 0.524. The molecule has 0 aliphatic heterocycles. The van der Waals surface area contributed by atoms with Gasteiger partial charge in [-0.15, -0.1) is 0 Å². The number of benzene rings is 1. The van der Waals surface area contributed by atoms with Gasteiger partial charge < -0.3 is 20.0 Å². The first kappa shape index (κ1) is 19.4. The molecule has 2 N–H and O–H groups in total. The molecule has 1 aliphatic rings. The highest BCUT2D eigenvalue weighted by Gasteiger charge is 2.32. The van der Waals surface area contributed by atoms with Crippen LogP contribution in [-0.4, -0.2) is 49.1 Å². The quantitative estimate of drug-likeness (QED) is 0.553. The number of rotatable bonds is 8. The zero-order valence-electron chi connectivity index (χ0n) is 16.8. The molecule has 1 atom stereocenters. The van der Waals surface area contributed by atoms with E-state index in [4.69, 9.17) is 4.42 Å². The van der Waals surface area contributed by atoms with Crippen molar-refractivity contribution < 1.29 is 4.42 Å². The molecule has 0 amide bonds. The molecule has 6 heteroatoms. The molecule has 0 bridgehead atoms. The average Bonchev–Trinajstić information content (AvgIpc) is 3.37. The van der Waals surface area contributed by atoms with Gasteiger partial charge in [0.05, 0.1) is 6.54 Å². The SMILES string of the molecule is CCNC(=NCc1coc(-c2ccc(C)cc2)n1)NCC(C1CC1)N(C)C. The second-order valence-corrected chi connectivity index (χ2v) is 7.45. The molecule has 1 aromatic heterocycles. The van der Waals surface area contributed by atoms with Crippen LogP contribution in [0.25, 0.3) is 11.5 Å². The van der Waals surface area contributed by atoms with E-state index in [1.807, 2.05) is 12.1 Å². The predicted octanol–water partition coefficient (Wildman–Crippen LogP) is 3.05. The van der Waals surface area contributed by atoms with Crippen LogP contribution in [0, 0.1) is 12.8 Å². The lowest BCUT2D eigenvalue weighted by Crippen LogP contribution is -2.46. The number of hydrogen-bond donors (Lipinski definition) is 2. The molecular weight excluding hydrogens is 338 g/mol.